The van der Waals surface area contributed by atoms with Gasteiger partial charge in [0.25, 0.3) is 11.8 Å². The molecule has 1 unspecified atom stereocenters. The SMILES string of the molecule is CC(OC(=O)c1cccc(NC(=O)c2cccs2)c1)C(=O)Nc1ccnn1C(C)C. The zero-order valence-corrected chi connectivity index (χ0v) is 17.6. The molecule has 0 radical (unpaired) electrons. The molecule has 9 heteroatoms. The Morgan fingerprint density at radius 2 is 1.87 bits per heavy atom. The van der Waals surface area contributed by atoms with Crippen molar-refractivity contribution in [3.05, 3.63) is 64.5 Å². The molecule has 0 aliphatic heterocycles. The predicted octanol–water partition coefficient (Wildman–Crippen LogP) is 3.96. The monoisotopic (exact) mass is 426 g/mol. The fraction of sp³-hybridized carbons (Fsp3) is 0.238. The van der Waals surface area contributed by atoms with Gasteiger partial charge in [0.1, 0.15) is 5.82 Å². The van der Waals surface area contributed by atoms with E-state index in [4.69, 9.17) is 4.74 Å². The summed E-state index contributed by atoms with van der Waals surface area (Å²) in [5, 5.41) is 11.4. The Labute approximate surface area is 177 Å². The first-order valence-electron chi connectivity index (χ1n) is 9.35. The molecule has 0 saturated heterocycles. The van der Waals surface area contributed by atoms with E-state index in [1.807, 2.05) is 19.2 Å². The van der Waals surface area contributed by atoms with Gasteiger partial charge in [-0.3, -0.25) is 9.59 Å². The van der Waals surface area contributed by atoms with Crippen LogP contribution in [0, 0.1) is 0 Å². The van der Waals surface area contributed by atoms with Gasteiger partial charge in [-0.25, -0.2) is 9.48 Å². The lowest BCUT2D eigenvalue weighted by Crippen LogP contribution is -2.31. The van der Waals surface area contributed by atoms with Crippen LogP contribution in [0.3, 0.4) is 0 Å². The summed E-state index contributed by atoms with van der Waals surface area (Å²) in [5.74, 6) is -0.864. The number of amides is 2. The fourth-order valence-electron chi connectivity index (χ4n) is 2.66. The topological polar surface area (TPSA) is 102 Å². The number of thiophene rings is 1. The summed E-state index contributed by atoms with van der Waals surface area (Å²) in [5.41, 5.74) is 0.687. The van der Waals surface area contributed by atoms with Crippen molar-refractivity contribution in [2.75, 3.05) is 10.6 Å². The zero-order valence-electron chi connectivity index (χ0n) is 16.8. The van der Waals surface area contributed by atoms with Crippen LogP contribution >= 0.6 is 11.3 Å². The summed E-state index contributed by atoms with van der Waals surface area (Å²) in [4.78, 5) is 37.6. The number of rotatable bonds is 7. The third kappa shape index (κ3) is 5.12. The van der Waals surface area contributed by atoms with E-state index in [1.165, 1.54) is 24.3 Å². The molecule has 2 amide bonds. The third-order valence-corrected chi connectivity index (χ3v) is 5.03. The Morgan fingerprint density at radius 3 is 2.57 bits per heavy atom. The number of esters is 1. The Kier molecular flexibility index (Phi) is 6.63. The van der Waals surface area contributed by atoms with Crippen molar-refractivity contribution in [2.45, 2.75) is 32.9 Å². The van der Waals surface area contributed by atoms with E-state index >= 15 is 0 Å². The average molecular weight is 426 g/mol. The summed E-state index contributed by atoms with van der Waals surface area (Å²) in [6.45, 7) is 5.37. The number of hydrogen-bond acceptors (Lipinski definition) is 6. The van der Waals surface area contributed by atoms with Gasteiger partial charge in [0, 0.05) is 17.8 Å². The number of aromatic nitrogens is 2. The van der Waals surface area contributed by atoms with E-state index in [0.717, 1.165) is 0 Å². The predicted molar refractivity (Wildman–Crippen MR) is 115 cm³/mol. The van der Waals surface area contributed by atoms with Gasteiger partial charge in [-0.05, 0) is 50.4 Å². The second-order valence-electron chi connectivity index (χ2n) is 6.80. The summed E-state index contributed by atoms with van der Waals surface area (Å²) in [6, 6.07) is 11.6. The normalized spacial score (nSPS) is 11.7. The van der Waals surface area contributed by atoms with Crippen molar-refractivity contribution < 1.29 is 19.1 Å². The van der Waals surface area contributed by atoms with E-state index in [-0.39, 0.29) is 17.5 Å². The van der Waals surface area contributed by atoms with Gasteiger partial charge in [-0.1, -0.05) is 12.1 Å². The molecule has 2 aromatic heterocycles. The molecule has 0 fully saturated rings. The number of carbonyl (C=O) groups excluding carboxylic acids is 3. The van der Waals surface area contributed by atoms with Gasteiger partial charge >= 0.3 is 5.97 Å². The minimum Gasteiger partial charge on any atom is -0.449 e. The van der Waals surface area contributed by atoms with Crippen LogP contribution in [0.4, 0.5) is 11.5 Å². The standard InChI is InChI=1S/C21H22N4O4S/c1-13(2)25-18(9-10-22-25)24-19(26)14(3)29-21(28)15-6-4-7-16(12-15)23-20(27)17-8-5-11-30-17/h4-14H,1-3H3,(H,23,27)(H,24,26). The van der Waals surface area contributed by atoms with Gasteiger partial charge in [0.15, 0.2) is 6.10 Å². The molecule has 156 valence electrons. The molecular formula is C21H22N4O4S. The molecule has 0 bridgehead atoms. The number of ether oxygens (including phenoxy) is 1. The van der Waals surface area contributed by atoms with Crippen LogP contribution in [-0.2, 0) is 9.53 Å². The Bertz CT molecular complexity index is 1040. The smallest absolute Gasteiger partial charge is 0.338 e. The highest BCUT2D eigenvalue weighted by atomic mass is 32.1. The van der Waals surface area contributed by atoms with E-state index < -0.39 is 18.0 Å². The molecule has 2 N–H and O–H groups in total. The molecular weight excluding hydrogens is 404 g/mol. The van der Waals surface area contributed by atoms with Crippen molar-refractivity contribution in [1.29, 1.82) is 0 Å². The van der Waals surface area contributed by atoms with Gasteiger partial charge in [-0.2, -0.15) is 5.10 Å². The van der Waals surface area contributed by atoms with E-state index in [0.29, 0.717) is 16.4 Å². The number of hydrogen-bond donors (Lipinski definition) is 2. The van der Waals surface area contributed by atoms with Crippen molar-refractivity contribution >= 4 is 40.6 Å². The largest absolute Gasteiger partial charge is 0.449 e. The summed E-state index contributed by atoms with van der Waals surface area (Å²) >= 11 is 1.32. The highest BCUT2D eigenvalue weighted by Gasteiger charge is 2.21. The van der Waals surface area contributed by atoms with E-state index in [2.05, 4.69) is 15.7 Å². The van der Waals surface area contributed by atoms with Crippen LogP contribution in [0.25, 0.3) is 0 Å². The van der Waals surface area contributed by atoms with Crippen LogP contribution in [-0.4, -0.2) is 33.7 Å². The molecule has 0 spiro atoms. The Hall–Kier alpha value is -3.46. The van der Waals surface area contributed by atoms with Crippen molar-refractivity contribution in [3.63, 3.8) is 0 Å². The average Bonchev–Trinajstić information content (AvgIpc) is 3.40. The quantitative estimate of drug-likeness (QED) is 0.557. The molecule has 0 aliphatic carbocycles. The molecule has 3 aromatic rings. The molecule has 1 aromatic carbocycles. The third-order valence-electron chi connectivity index (χ3n) is 4.16. The molecule has 2 heterocycles. The summed E-state index contributed by atoms with van der Waals surface area (Å²) in [7, 11) is 0. The first-order chi connectivity index (χ1) is 14.3. The number of benzene rings is 1. The Morgan fingerprint density at radius 1 is 1.07 bits per heavy atom. The highest BCUT2D eigenvalue weighted by Crippen LogP contribution is 2.17. The lowest BCUT2D eigenvalue weighted by atomic mass is 10.2. The molecule has 8 nitrogen and oxygen atoms in total. The number of nitrogens with zero attached hydrogens (tertiary/aromatic N) is 2. The van der Waals surface area contributed by atoms with Crippen molar-refractivity contribution in [1.82, 2.24) is 9.78 Å². The highest BCUT2D eigenvalue weighted by molar-refractivity contribution is 7.12. The first-order valence-corrected chi connectivity index (χ1v) is 10.2. The maximum absolute atomic E-state index is 12.5. The van der Waals surface area contributed by atoms with Crippen LogP contribution in [0.2, 0.25) is 0 Å². The summed E-state index contributed by atoms with van der Waals surface area (Å²) < 4.78 is 6.95. The molecule has 0 aliphatic rings. The zero-order chi connectivity index (χ0) is 21.7. The second kappa shape index (κ2) is 9.36. The van der Waals surface area contributed by atoms with E-state index in [1.54, 1.807) is 47.3 Å². The lowest BCUT2D eigenvalue weighted by Gasteiger charge is -2.16. The van der Waals surface area contributed by atoms with Crippen LogP contribution in [0.5, 0.6) is 0 Å². The number of carbonyl (C=O) groups is 3. The first kappa shape index (κ1) is 21.3. The van der Waals surface area contributed by atoms with Crippen molar-refractivity contribution in [2.24, 2.45) is 0 Å². The van der Waals surface area contributed by atoms with E-state index in [9.17, 15) is 14.4 Å². The second-order valence-corrected chi connectivity index (χ2v) is 7.75. The number of anilines is 2. The van der Waals surface area contributed by atoms with Crippen LogP contribution in [0.1, 0.15) is 46.8 Å². The fourth-order valence-corrected chi connectivity index (χ4v) is 3.28. The molecule has 30 heavy (non-hydrogen) atoms. The minimum absolute atomic E-state index is 0.0697. The minimum atomic E-state index is -1.02. The molecule has 0 saturated carbocycles. The molecule has 1 atom stereocenters. The Balaban J connectivity index is 1.61. The maximum atomic E-state index is 12.5. The lowest BCUT2D eigenvalue weighted by molar-refractivity contribution is -0.123. The van der Waals surface area contributed by atoms with Gasteiger partial charge in [-0.15, -0.1) is 11.3 Å². The molecule has 3 rings (SSSR count). The van der Waals surface area contributed by atoms with Crippen molar-refractivity contribution in [3.8, 4) is 0 Å². The summed E-state index contributed by atoms with van der Waals surface area (Å²) in [6.07, 6.45) is 0.569. The van der Waals surface area contributed by atoms with Gasteiger partial charge in [0.2, 0.25) is 0 Å². The number of nitrogens with one attached hydrogen (secondary N) is 2. The van der Waals surface area contributed by atoms with Crippen LogP contribution in [0.15, 0.2) is 54.0 Å². The van der Waals surface area contributed by atoms with Crippen LogP contribution < -0.4 is 10.6 Å². The van der Waals surface area contributed by atoms with Gasteiger partial charge < -0.3 is 15.4 Å². The van der Waals surface area contributed by atoms with Gasteiger partial charge in [0.05, 0.1) is 16.6 Å². The maximum Gasteiger partial charge on any atom is 0.338 e.